The van der Waals surface area contributed by atoms with Crippen LogP contribution in [0.15, 0.2) is 0 Å². The molecular formula is C7H16ClNO2. The molecule has 0 spiro atoms. The van der Waals surface area contributed by atoms with Crippen molar-refractivity contribution in [2.45, 2.75) is 25.2 Å². The van der Waals surface area contributed by atoms with Crippen LogP contribution in [0.25, 0.3) is 0 Å². The van der Waals surface area contributed by atoms with Gasteiger partial charge in [-0.25, -0.2) is 0 Å². The Bertz CT molecular complexity index is 105. The quantitative estimate of drug-likeness (QED) is 0.652. The molecule has 1 atom stereocenters. The molecule has 1 aliphatic rings. The molecule has 0 aromatic carbocycles. The average molecular weight is 182 g/mol. The predicted octanol–water partition coefficient (Wildman–Crippen LogP) is 0.764. The molecular weight excluding hydrogens is 166 g/mol. The second-order valence-electron chi connectivity index (χ2n) is 2.75. The first kappa shape index (κ1) is 11.2. The van der Waals surface area contributed by atoms with Crippen LogP contribution in [0.2, 0.25) is 0 Å². The summed E-state index contributed by atoms with van der Waals surface area (Å²) >= 11 is 0. The molecule has 0 aromatic rings. The van der Waals surface area contributed by atoms with Crippen LogP contribution in [-0.2, 0) is 9.47 Å². The molecule has 0 aliphatic heterocycles. The van der Waals surface area contributed by atoms with E-state index >= 15 is 0 Å². The third kappa shape index (κ3) is 2.95. The fourth-order valence-electron chi connectivity index (χ4n) is 1.11. The summed E-state index contributed by atoms with van der Waals surface area (Å²) in [6.45, 7) is 0. The van der Waals surface area contributed by atoms with Gasteiger partial charge >= 0.3 is 0 Å². The fourth-order valence-corrected chi connectivity index (χ4v) is 1.11. The summed E-state index contributed by atoms with van der Waals surface area (Å²) < 4.78 is 10.0. The van der Waals surface area contributed by atoms with Gasteiger partial charge in [0.25, 0.3) is 0 Å². The van der Waals surface area contributed by atoms with Crippen LogP contribution in [-0.4, -0.2) is 26.6 Å². The van der Waals surface area contributed by atoms with Crippen molar-refractivity contribution in [3.63, 3.8) is 0 Å². The van der Waals surface area contributed by atoms with Gasteiger partial charge in [-0.15, -0.1) is 12.4 Å². The Morgan fingerprint density at radius 2 is 1.73 bits per heavy atom. The molecule has 1 unspecified atom stereocenters. The van der Waals surface area contributed by atoms with Crippen molar-refractivity contribution < 1.29 is 9.47 Å². The molecule has 1 aliphatic carbocycles. The van der Waals surface area contributed by atoms with E-state index in [1.165, 1.54) is 12.8 Å². The molecule has 0 saturated heterocycles. The van der Waals surface area contributed by atoms with Gasteiger partial charge in [-0.05, 0) is 18.8 Å². The van der Waals surface area contributed by atoms with Gasteiger partial charge in [0.1, 0.15) is 0 Å². The Kier molecular flexibility index (Phi) is 5.01. The number of nitrogens with two attached hydrogens (primary N) is 1. The maximum atomic E-state index is 5.79. The first-order valence-corrected chi connectivity index (χ1v) is 3.60. The van der Waals surface area contributed by atoms with Crippen LogP contribution in [0.4, 0.5) is 0 Å². The van der Waals surface area contributed by atoms with E-state index in [1.54, 1.807) is 14.2 Å². The third-order valence-electron chi connectivity index (χ3n) is 1.95. The minimum atomic E-state index is -0.215. The smallest absolute Gasteiger partial charge is 0.172 e. The number of methoxy groups -OCH3 is 2. The molecule has 3 nitrogen and oxygen atoms in total. The van der Waals surface area contributed by atoms with Crippen molar-refractivity contribution in [1.82, 2.24) is 0 Å². The molecule has 1 saturated carbocycles. The van der Waals surface area contributed by atoms with Gasteiger partial charge in [-0.2, -0.15) is 0 Å². The summed E-state index contributed by atoms with van der Waals surface area (Å²) in [7, 11) is 3.24. The number of ether oxygens (including phenoxy) is 2. The first-order chi connectivity index (χ1) is 4.79. The van der Waals surface area contributed by atoms with E-state index in [2.05, 4.69) is 0 Å². The zero-order chi connectivity index (χ0) is 7.56. The Balaban J connectivity index is 0.000001000. The van der Waals surface area contributed by atoms with E-state index in [9.17, 15) is 0 Å². The standard InChI is InChI=1S/C7H15NO2.ClH/c1-9-7(10-2)6(8)5-3-4-5;/h5-7H,3-4,8H2,1-2H3;1H. The van der Waals surface area contributed by atoms with Gasteiger partial charge in [0.15, 0.2) is 6.29 Å². The summed E-state index contributed by atoms with van der Waals surface area (Å²) in [6.07, 6.45) is 2.24. The topological polar surface area (TPSA) is 44.5 Å². The van der Waals surface area contributed by atoms with Crippen LogP contribution in [0.1, 0.15) is 12.8 Å². The summed E-state index contributed by atoms with van der Waals surface area (Å²) in [5.74, 6) is 0.630. The van der Waals surface area contributed by atoms with Gasteiger partial charge in [-0.3, -0.25) is 0 Å². The van der Waals surface area contributed by atoms with Crippen LogP contribution in [0.5, 0.6) is 0 Å². The van der Waals surface area contributed by atoms with Gasteiger partial charge in [0.05, 0.1) is 6.04 Å². The molecule has 2 N–H and O–H groups in total. The maximum Gasteiger partial charge on any atom is 0.172 e. The maximum absolute atomic E-state index is 5.79. The fraction of sp³-hybridized carbons (Fsp3) is 1.00. The zero-order valence-corrected chi connectivity index (χ0v) is 7.76. The van der Waals surface area contributed by atoms with Crippen LogP contribution < -0.4 is 5.73 Å². The highest BCUT2D eigenvalue weighted by molar-refractivity contribution is 5.85. The Morgan fingerprint density at radius 3 is 2.00 bits per heavy atom. The monoisotopic (exact) mass is 181 g/mol. The minimum Gasteiger partial charge on any atom is -0.354 e. The molecule has 1 fully saturated rings. The van der Waals surface area contributed by atoms with Crippen LogP contribution >= 0.6 is 12.4 Å². The van der Waals surface area contributed by atoms with E-state index in [1.807, 2.05) is 0 Å². The zero-order valence-electron chi connectivity index (χ0n) is 6.95. The SMILES string of the molecule is COC(OC)C(N)C1CC1.Cl. The highest BCUT2D eigenvalue weighted by atomic mass is 35.5. The lowest BCUT2D eigenvalue weighted by Gasteiger charge is -2.20. The molecule has 4 heteroatoms. The van der Waals surface area contributed by atoms with Gasteiger partial charge in [0.2, 0.25) is 0 Å². The van der Waals surface area contributed by atoms with Crippen molar-refractivity contribution in [2.75, 3.05) is 14.2 Å². The second-order valence-corrected chi connectivity index (χ2v) is 2.75. The van der Waals surface area contributed by atoms with Crippen molar-refractivity contribution in [1.29, 1.82) is 0 Å². The van der Waals surface area contributed by atoms with Gasteiger partial charge in [-0.1, -0.05) is 0 Å². The van der Waals surface area contributed by atoms with E-state index in [0.29, 0.717) is 5.92 Å². The molecule has 0 heterocycles. The minimum absolute atomic E-state index is 0. The van der Waals surface area contributed by atoms with Crippen LogP contribution in [0, 0.1) is 5.92 Å². The molecule has 11 heavy (non-hydrogen) atoms. The van der Waals surface area contributed by atoms with E-state index in [4.69, 9.17) is 15.2 Å². The molecule has 0 aromatic heterocycles. The number of rotatable bonds is 4. The first-order valence-electron chi connectivity index (χ1n) is 3.60. The summed E-state index contributed by atoms with van der Waals surface area (Å²) in [5, 5.41) is 0. The molecule has 68 valence electrons. The normalized spacial score (nSPS) is 19.6. The van der Waals surface area contributed by atoms with Crippen LogP contribution in [0.3, 0.4) is 0 Å². The summed E-state index contributed by atoms with van der Waals surface area (Å²) in [5.41, 5.74) is 5.79. The van der Waals surface area contributed by atoms with E-state index < -0.39 is 0 Å². The van der Waals surface area contributed by atoms with Gasteiger partial charge in [0, 0.05) is 14.2 Å². The van der Waals surface area contributed by atoms with E-state index in [0.717, 1.165) is 0 Å². The molecule has 0 amide bonds. The Labute approximate surface area is 73.6 Å². The Hall–Kier alpha value is 0.170. The lowest BCUT2D eigenvalue weighted by atomic mass is 10.2. The summed E-state index contributed by atoms with van der Waals surface area (Å²) in [4.78, 5) is 0. The predicted molar refractivity (Wildman–Crippen MR) is 45.8 cm³/mol. The molecule has 0 radical (unpaired) electrons. The average Bonchev–Trinajstić information content (AvgIpc) is 2.71. The highest BCUT2D eigenvalue weighted by Crippen LogP contribution is 2.33. The molecule has 0 bridgehead atoms. The second kappa shape index (κ2) is 4.93. The summed E-state index contributed by atoms with van der Waals surface area (Å²) in [6, 6.07) is 0.0648. The Morgan fingerprint density at radius 1 is 1.27 bits per heavy atom. The van der Waals surface area contributed by atoms with Gasteiger partial charge < -0.3 is 15.2 Å². The number of hydrogen-bond acceptors (Lipinski definition) is 3. The number of halogens is 1. The van der Waals surface area contributed by atoms with Crippen molar-refractivity contribution in [2.24, 2.45) is 11.7 Å². The lowest BCUT2D eigenvalue weighted by molar-refractivity contribution is -0.119. The van der Waals surface area contributed by atoms with E-state index in [-0.39, 0.29) is 24.7 Å². The van der Waals surface area contributed by atoms with Crippen molar-refractivity contribution in [3.05, 3.63) is 0 Å². The molecule has 1 rings (SSSR count). The highest BCUT2D eigenvalue weighted by Gasteiger charge is 2.34. The van der Waals surface area contributed by atoms with Crippen molar-refractivity contribution >= 4 is 12.4 Å². The number of hydrogen-bond donors (Lipinski definition) is 1. The largest absolute Gasteiger partial charge is 0.354 e. The van der Waals surface area contributed by atoms with Crippen molar-refractivity contribution in [3.8, 4) is 0 Å². The third-order valence-corrected chi connectivity index (χ3v) is 1.95. The lowest BCUT2D eigenvalue weighted by Crippen LogP contribution is -2.39.